The molecule has 1 aromatic carbocycles. The molecule has 8 heteroatoms. The number of nitrogens with one attached hydrogen (secondary N) is 1. The Morgan fingerprint density at radius 1 is 1.13 bits per heavy atom. The van der Waals surface area contributed by atoms with Crippen LogP contribution in [0.5, 0.6) is 11.5 Å². The highest BCUT2D eigenvalue weighted by molar-refractivity contribution is 6.11. The third-order valence-corrected chi connectivity index (χ3v) is 5.89. The number of amides is 3. The van der Waals surface area contributed by atoms with Crippen LogP contribution in [0, 0.1) is 13.8 Å². The van der Waals surface area contributed by atoms with Crippen molar-refractivity contribution in [2.45, 2.75) is 39.8 Å². The van der Waals surface area contributed by atoms with Crippen LogP contribution in [0.15, 0.2) is 24.3 Å². The molecule has 8 nitrogen and oxygen atoms in total. The van der Waals surface area contributed by atoms with Gasteiger partial charge in [0.2, 0.25) is 0 Å². The lowest BCUT2D eigenvalue weighted by molar-refractivity contribution is -0.130. The van der Waals surface area contributed by atoms with Gasteiger partial charge < -0.3 is 19.4 Å². The molecule has 158 valence electrons. The molecule has 0 spiro atoms. The number of imide groups is 1. The van der Waals surface area contributed by atoms with E-state index in [4.69, 9.17) is 9.47 Å². The Hall–Kier alpha value is -3.29. The fourth-order valence-electron chi connectivity index (χ4n) is 4.19. The predicted octanol–water partition coefficient (Wildman–Crippen LogP) is 2.55. The Bertz CT molecular complexity index is 1060. The molecule has 1 aromatic heterocycles. The summed E-state index contributed by atoms with van der Waals surface area (Å²) in [6.07, 6.45) is 0. The first-order valence-electron chi connectivity index (χ1n) is 10.0. The van der Waals surface area contributed by atoms with Gasteiger partial charge in [0.1, 0.15) is 18.8 Å². The monoisotopic (exact) mass is 411 g/mol. The summed E-state index contributed by atoms with van der Waals surface area (Å²) in [5.41, 5.74) is 1.62. The van der Waals surface area contributed by atoms with Crippen LogP contribution >= 0.6 is 0 Å². The minimum Gasteiger partial charge on any atom is -0.486 e. The van der Waals surface area contributed by atoms with Gasteiger partial charge in [0.05, 0.1) is 6.54 Å². The van der Waals surface area contributed by atoms with Gasteiger partial charge in [-0.15, -0.1) is 0 Å². The van der Waals surface area contributed by atoms with Gasteiger partial charge in [-0.25, -0.2) is 4.79 Å². The van der Waals surface area contributed by atoms with Crippen LogP contribution in [-0.4, -0.2) is 46.9 Å². The lowest BCUT2D eigenvalue weighted by Gasteiger charge is -2.25. The van der Waals surface area contributed by atoms with Crippen molar-refractivity contribution in [3.63, 3.8) is 0 Å². The second-order valence-corrected chi connectivity index (χ2v) is 7.76. The van der Waals surface area contributed by atoms with Crippen molar-refractivity contribution in [1.82, 2.24) is 14.8 Å². The van der Waals surface area contributed by atoms with Crippen molar-refractivity contribution in [2.75, 3.05) is 19.8 Å². The number of ketones is 1. The van der Waals surface area contributed by atoms with Gasteiger partial charge in [0.15, 0.2) is 17.3 Å². The summed E-state index contributed by atoms with van der Waals surface area (Å²) in [7, 11) is 0. The summed E-state index contributed by atoms with van der Waals surface area (Å²) in [4.78, 5) is 39.7. The zero-order chi connectivity index (χ0) is 21.6. The molecule has 2 aliphatic heterocycles. The molecule has 2 aromatic rings. The number of ether oxygens (including phenoxy) is 2. The largest absolute Gasteiger partial charge is 0.486 e. The molecule has 3 heterocycles. The molecule has 1 atom stereocenters. The van der Waals surface area contributed by atoms with Crippen molar-refractivity contribution in [2.24, 2.45) is 0 Å². The Morgan fingerprint density at radius 3 is 2.50 bits per heavy atom. The van der Waals surface area contributed by atoms with Crippen LogP contribution in [-0.2, 0) is 16.9 Å². The van der Waals surface area contributed by atoms with Crippen LogP contribution in [0.2, 0.25) is 0 Å². The molecule has 1 saturated heterocycles. The van der Waals surface area contributed by atoms with Crippen molar-refractivity contribution < 1.29 is 23.9 Å². The van der Waals surface area contributed by atoms with E-state index in [2.05, 4.69) is 5.32 Å². The normalized spacial score (nSPS) is 20.5. The first kappa shape index (κ1) is 20.0. The van der Waals surface area contributed by atoms with E-state index < -0.39 is 17.5 Å². The maximum atomic E-state index is 13.2. The molecule has 1 N–H and O–H groups in total. The lowest BCUT2D eigenvalue weighted by Crippen LogP contribution is -2.41. The zero-order valence-corrected chi connectivity index (χ0v) is 17.6. The number of Topliss-reactive ketones (excluding diaryl/α,β-unsaturated/α-hetero) is 1. The number of benzene rings is 1. The lowest BCUT2D eigenvalue weighted by atomic mass is 9.91. The van der Waals surface area contributed by atoms with Gasteiger partial charge in [-0.05, 0) is 51.5 Å². The standard InChI is InChI=1S/C22H25N3O5/c1-5-24-13(2)10-16(14(24)3)17(26)12-25-20(27)22(4,23-21(25)28)15-6-7-18-19(11-15)30-9-8-29-18/h6-7,10-11H,5,8-9,12H2,1-4H3,(H,23,28)/t22-/m1/s1. The van der Waals surface area contributed by atoms with Gasteiger partial charge in [0.25, 0.3) is 5.91 Å². The molecular weight excluding hydrogens is 386 g/mol. The van der Waals surface area contributed by atoms with E-state index in [-0.39, 0.29) is 12.3 Å². The van der Waals surface area contributed by atoms with Gasteiger partial charge in [-0.1, -0.05) is 6.07 Å². The van der Waals surface area contributed by atoms with E-state index in [0.29, 0.717) is 35.8 Å². The summed E-state index contributed by atoms with van der Waals surface area (Å²) >= 11 is 0. The first-order valence-corrected chi connectivity index (χ1v) is 10.0. The zero-order valence-electron chi connectivity index (χ0n) is 17.6. The summed E-state index contributed by atoms with van der Waals surface area (Å²) in [6.45, 7) is 8.76. The van der Waals surface area contributed by atoms with E-state index >= 15 is 0 Å². The first-order chi connectivity index (χ1) is 14.3. The third-order valence-electron chi connectivity index (χ3n) is 5.89. The van der Waals surface area contributed by atoms with Gasteiger partial charge >= 0.3 is 6.03 Å². The molecule has 3 amide bonds. The summed E-state index contributed by atoms with van der Waals surface area (Å²) in [6, 6.07) is 6.37. The Morgan fingerprint density at radius 2 is 1.83 bits per heavy atom. The van der Waals surface area contributed by atoms with Crippen LogP contribution in [0.3, 0.4) is 0 Å². The maximum absolute atomic E-state index is 13.2. The average molecular weight is 411 g/mol. The third kappa shape index (κ3) is 3.03. The van der Waals surface area contributed by atoms with Crippen molar-refractivity contribution in [1.29, 1.82) is 0 Å². The molecule has 1 fully saturated rings. The van der Waals surface area contributed by atoms with E-state index in [1.54, 1.807) is 31.2 Å². The molecule has 0 aliphatic carbocycles. The minimum atomic E-state index is -1.28. The van der Waals surface area contributed by atoms with Crippen LogP contribution in [0.25, 0.3) is 0 Å². The number of carbonyl (C=O) groups excluding carboxylic acids is 3. The number of rotatable bonds is 5. The van der Waals surface area contributed by atoms with Crippen molar-refractivity contribution in [3.8, 4) is 11.5 Å². The number of carbonyl (C=O) groups is 3. The van der Waals surface area contributed by atoms with Gasteiger partial charge in [-0.2, -0.15) is 0 Å². The molecule has 0 bridgehead atoms. The van der Waals surface area contributed by atoms with E-state index in [1.807, 2.05) is 25.3 Å². The molecule has 2 aliphatic rings. The highest BCUT2D eigenvalue weighted by Gasteiger charge is 2.50. The SMILES string of the molecule is CCn1c(C)cc(C(=O)CN2C(=O)N[C@](C)(c3ccc4c(c3)OCCO4)C2=O)c1C. The van der Waals surface area contributed by atoms with Crippen LogP contribution < -0.4 is 14.8 Å². The second kappa shape index (κ2) is 7.19. The quantitative estimate of drug-likeness (QED) is 0.603. The number of hydrogen-bond acceptors (Lipinski definition) is 5. The molecular formula is C22H25N3O5. The second-order valence-electron chi connectivity index (χ2n) is 7.76. The molecule has 0 saturated carbocycles. The van der Waals surface area contributed by atoms with Gasteiger partial charge in [0, 0.05) is 23.5 Å². The highest BCUT2D eigenvalue weighted by atomic mass is 16.6. The Balaban J connectivity index is 1.59. The minimum absolute atomic E-state index is 0.266. The summed E-state index contributed by atoms with van der Waals surface area (Å²) in [5.74, 6) is 0.395. The molecule has 0 radical (unpaired) electrons. The molecule has 0 unspecified atom stereocenters. The predicted molar refractivity (Wildman–Crippen MR) is 109 cm³/mol. The number of nitrogens with zero attached hydrogens (tertiary/aromatic N) is 2. The van der Waals surface area contributed by atoms with Crippen LogP contribution in [0.4, 0.5) is 4.79 Å². The average Bonchev–Trinajstić information content (AvgIpc) is 3.14. The van der Waals surface area contributed by atoms with Crippen molar-refractivity contribution >= 4 is 17.7 Å². The number of aromatic nitrogens is 1. The fourth-order valence-corrected chi connectivity index (χ4v) is 4.19. The summed E-state index contributed by atoms with van der Waals surface area (Å²) < 4.78 is 13.1. The molecule has 30 heavy (non-hydrogen) atoms. The van der Waals surface area contributed by atoms with E-state index in [1.165, 1.54) is 0 Å². The Kier molecular flexibility index (Phi) is 4.80. The fraction of sp³-hybridized carbons (Fsp3) is 0.409. The Labute approximate surface area is 174 Å². The van der Waals surface area contributed by atoms with Gasteiger partial charge in [-0.3, -0.25) is 14.5 Å². The van der Waals surface area contributed by atoms with Crippen LogP contribution in [0.1, 0.15) is 41.2 Å². The smallest absolute Gasteiger partial charge is 0.325 e. The molecule has 4 rings (SSSR count). The highest BCUT2D eigenvalue weighted by Crippen LogP contribution is 2.37. The number of aryl methyl sites for hydroxylation is 1. The van der Waals surface area contributed by atoms with E-state index in [0.717, 1.165) is 22.8 Å². The number of urea groups is 1. The topological polar surface area (TPSA) is 89.9 Å². The number of fused-ring (bicyclic) bond motifs is 1. The number of hydrogen-bond donors (Lipinski definition) is 1. The van der Waals surface area contributed by atoms with E-state index in [9.17, 15) is 14.4 Å². The van der Waals surface area contributed by atoms with Crippen molar-refractivity contribution in [3.05, 3.63) is 46.8 Å². The maximum Gasteiger partial charge on any atom is 0.325 e. The summed E-state index contributed by atoms with van der Waals surface area (Å²) in [5, 5.41) is 2.74.